The standard InChI is InChI=1S/C22H21N3O3/c1-15-19(20(24-28-15)16-7-3-2-4-8-16)21(26)23-18-11-9-17(10-12-18)22(27)25-13-5-6-14-25/h2-4,7-12H,5-6,13-14H2,1H3,(H,23,26). The summed E-state index contributed by atoms with van der Waals surface area (Å²) in [5.41, 5.74) is 2.98. The van der Waals surface area contributed by atoms with E-state index in [4.69, 9.17) is 4.52 Å². The lowest BCUT2D eigenvalue weighted by Gasteiger charge is -2.15. The SMILES string of the molecule is Cc1onc(-c2ccccc2)c1C(=O)Nc1ccc(C(=O)N2CCCC2)cc1. The lowest BCUT2D eigenvalue weighted by atomic mass is 10.1. The highest BCUT2D eigenvalue weighted by atomic mass is 16.5. The predicted molar refractivity (Wildman–Crippen MR) is 106 cm³/mol. The zero-order valence-corrected chi connectivity index (χ0v) is 15.6. The van der Waals surface area contributed by atoms with Gasteiger partial charge in [0, 0.05) is 29.9 Å². The van der Waals surface area contributed by atoms with E-state index in [1.54, 1.807) is 31.2 Å². The maximum absolute atomic E-state index is 12.8. The summed E-state index contributed by atoms with van der Waals surface area (Å²) in [6.45, 7) is 3.34. The third-order valence-corrected chi connectivity index (χ3v) is 4.92. The van der Waals surface area contributed by atoms with Crippen molar-refractivity contribution in [1.29, 1.82) is 0 Å². The molecule has 4 rings (SSSR count). The van der Waals surface area contributed by atoms with Crippen LogP contribution in [0.5, 0.6) is 0 Å². The Labute approximate surface area is 163 Å². The van der Waals surface area contributed by atoms with Crippen LogP contribution in [-0.2, 0) is 0 Å². The van der Waals surface area contributed by atoms with E-state index in [9.17, 15) is 9.59 Å². The van der Waals surface area contributed by atoms with Crippen molar-refractivity contribution in [2.75, 3.05) is 18.4 Å². The molecular weight excluding hydrogens is 354 g/mol. The lowest BCUT2D eigenvalue weighted by molar-refractivity contribution is 0.0792. The number of carbonyl (C=O) groups excluding carboxylic acids is 2. The average Bonchev–Trinajstić information content (AvgIpc) is 3.38. The monoisotopic (exact) mass is 375 g/mol. The van der Waals surface area contributed by atoms with Gasteiger partial charge in [-0.2, -0.15) is 0 Å². The van der Waals surface area contributed by atoms with Gasteiger partial charge in [0.15, 0.2) is 0 Å². The molecule has 0 radical (unpaired) electrons. The van der Waals surface area contributed by atoms with Gasteiger partial charge in [-0.05, 0) is 44.0 Å². The van der Waals surface area contributed by atoms with Gasteiger partial charge >= 0.3 is 0 Å². The number of rotatable bonds is 4. The second kappa shape index (κ2) is 7.68. The molecule has 2 heterocycles. The average molecular weight is 375 g/mol. The molecule has 0 unspecified atom stereocenters. The summed E-state index contributed by atoms with van der Waals surface area (Å²) in [6, 6.07) is 16.4. The summed E-state index contributed by atoms with van der Waals surface area (Å²) < 4.78 is 5.26. The molecule has 3 aromatic rings. The van der Waals surface area contributed by atoms with Gasteiger partial charge in [-0.25, -0.2) is 0 Å². The van der Waals surface area contributed by atoms with E-state index >= 15 is 0 Å². The molecule has 0 spiro atoms. The van der Waals surface area contributed by atoms with Crippen LogP contribution in [0.1, 0.15) is 39.3 Å². The zero-order chi connectivity index (χ0) is 19.5. The topological polar surface area (TPSA) is 75.4 Å². The molecule has 1 aromatic heterocycles. The van der Waals surface area contributed by atoms with Crippen molar-refractivity contribution in [3.8, 4) is 11.3 Å². The second-order valence-corrected chi connectivity index (χ2v) is 6.86. The van der Waals surface area contributed by atoms with Crippen molar-refractivity contribution in [2.24, 2.45) is 0 Å². The first kappa shape index (κ1) is 18.0. The van der Waals surface area contributed by atoms with Crippen molar-refractivity contribution < 1.29 is 14.1 Å². The Morgan fingerprint density at radius 2 is 1.68 bits per heavy atom. The van der Waals surface area contributed by atoms with Gasteiger partial charge in [0.25, 0.3) is 11.8 Å². The van der Waals surface area contributed by atoms with Crippen molar-refractivity contribution in [1.82, 2.24) is 10.1 Å². The number of likely N-dealkylation sites (tertiary alicyclic amines) is 1. The van der Waals surface area contributed by atoms with Gasteiger partial charge in [0.1, 0.15) is 17.0 Å². The Hall–Kier alpha value is -3.41. The van der Waals surface area contributed by atoms with Gasteiger partial charge in [-0.3, -0.25) is 9.59 Å². The quantitative estimate of drug-likeness (QED) is 0.744. The van der Waals surface area contributed by atoms with Crippen LogP contribution < -0.4 is 5.32 Å². The van der Waals surface area contributed by atoms with E-state index in [1.165, 1.54) is 0 Å². The number of hydrogen-bond acceptors (Lipinski definition) is 4. The van der Waals surface area contributed by atoms with E-state index in [0.29, 0.717) is 28.3 Å². The van der Waals surface area contributed by atoms with E-state index in [-0.39, 0.29) is 11.8 Å². The van der Waals surface area contributed by atoms with Crippen molar-refractivity contribution >= 4 is 17.5 Å². The Kier molecular flexibility index (Phi) is 4.93. The number of hydrogen-bond donors (Lipinski definition) is 1. The first-order valence-corrected chi connectivity index (χ1v) is 9.36. The number of benzene rings is 2. The van der Waals surface area contributed by atoms with Crippen LogP contribution in [0.2, 0.25) is 0 Å². The van der Waals surface area contributed by atoms with Crippen LogP contribution in [0.3, 0.4) is 0 Å². The third kappa shape index (κ3) is 3.53. The fourth-order valence-electron chi connectivity index (χ4n) is 3.43. The van der Waals surface area contributed by atoms with E-state index in [0.717, 1.165) is 31.5 Å². The Balaban J connectivity index is 1.52. The third-order valence-electron chi connectivity index (χ3n) is 4.92. The molecule has 0 atom stereocenters. The van der Waals surface area contributed by atoms with Crippen LogP contribution in [0, 0.1) is 6.92 Å². The number of amides is 2. The minimum atomic E-state index is -0.295. The highest BCUT2D eigenvalue weighted by Gasteiger charge is 2.22. The normalized spacial score (nSPS) is 13.5. The predicted octanol–water partition coefficient (Wildman–Crippen LogP) is 4.14. The summed E-state index contributed by atoms with van der Waals surface area (Å²) in [5.74, 6) is 0.199. The number of nitrogens with one attached hydrogen (secondary N) is 1. The molecule has 0 bridgehead atoms. The van der Waals surface area contributed by atoms with E-state index < -0.39 is 0 Å². The molecular formula is C22H21N3O3. The first-order valence-electron chi connectivity index (χ1n) is 9.36. The molecule has 6 heteroatoms. The fourth-order valence-corrected chi connectivity index (χ4v) is 3.43. The smallest absolute Gasteiger partial charge is 0.261 e. The van der Waals surface area contributed by atoms with Gasteiger partial charge in [0.05, 0.1) is 0 Å². The number of nitrogens with zero attached hydrogens (tertiary/aromatic N) is 2. The van der Waals surface area contributed by atoms with Gasteiger partial charge < -0.3 is 14.7 Å². The van der Waals surface area contributed by atoms with Crippen LogP contribution >= 0.6 is 0 Å². The summed E-state index contributed by atoms with van der Waals surface area (Å²) in [7, 11) is 0. The molecule has 142 valence electrons. The van der Waals surface area contributed by atoms with Crippen LogP contribution in [0.15, 0.2) is 59.1 Å². The Morgan fingerprint density at radius 1 is 1.00 bits per heavy atom. The molecule has 6 nitrogen and oxygen atoms in total. The Bertz CT molecular complexity index is 988. The largest absolute Gasteiger partial charge is 0.360 e. The maximum atomic E-state index is 12.8. The summed E-state index contributed by atoms with van der Waals surface area (Å²) in [6.07, 6.45) is 2.11. The molecule has 0 saturated carbocycles. The first-order chi connectivity index (χ1) is 13.6. The molecule has 1 saturated heterocycles. The van der Waals surface area contributed by atoms with Gasteiger partial charge in [-0.15, -0.1) is 0 Å². The Morgan fingerprint density at radius 3 is 2.36 bits per heavy atom. The maximum Gasteiger partial charge on any atom is 0.261 e. The van der Waals surface area contributed by atoms with Crippen LogP contribution in [0.25, 0.3) is 11.3 Å². The van der Waals surface area contributed by atoms with Gasteiger partial charge in [-0.1, -0.05) is 35.5 Å². The number of aromatic nitrogens is 1. The molecule has 1 N–H and O–H groups in total. The molecule has 2 amide bonds. The van der Waals surface area contributed by atoms with E-state index in [1.807, 2.05) is 35.2 Å². The van der Waals surface area contributed by atoms with Gasteiger partial charge in [0.2, 0.25) is 0 Å². The van der Waals surface area contributed by atoms with Crippen LogP contribution in [-0.4, -0.2) is 35.0 Å². The molecule has 28 heavy (non-hydrogen) atoms. The fraction of sp³-hybridized carbons (Fsp3) is 0.227. The number of aryl methyl sites for hydroxylation is 1. The van der Waals surface area contributed by atoms with Crippen LogP contribution in [0.4, 0.5) is 5.69 Å². The van der Waals surface area contributed by atoms with E-state index in [2.05, 4.69) is 10.5 Å². The molecule has 0 aliphatic carbocycles. The molecule has 1 fully saturated rings. The number of carbonyl (C=O) groups is 2. The van der Waals surface area contributed by atoms with Crippen molar-refractivity contribution in [2.45, 2.75) is 19.8 Å². The minimum absolute atomic E-state index is 0.0385. The minimum Gasteiger partial charge on any atom is -0.360 e. The molecule has 1 aliphatic heterocycles. The summed E-state index contributed by atoms with van der Waals surface area (Å²) >= 11 is 0. The molecule has 2 aromatic carbocycles. The van der Waals surface area contributed by atoms with Crippen molar-refractivity contribution in [3.63, 3.8) is 0 Å². The summed E-state index contributed by atoms with van der Waals surface area (Å²) in [4.78, 5) is 27.1. The highest BCUT2D eigenvalue weighted by molar-refractivity contribution is 6.09. The zero-order valence-electron chi connectivity index (χ0n) is 15.6. The lowest BCUT2D eigenvalue weighted by Crippen LogP contribution is -2.27. The summed E-state index contributed by atoms with van der Waals surface area (Å²) in [5, 5.41) is 6.91. The number of anilines is 1. The highest BCUT2D eigenvalue weighted by Crippen LogP contribution is 2.26. The molecule has 1 aliphatic rings. The second-order valence-electron chi connectivity index (χ2n) is 6.86. The van der Waals surface area contributed by atoms with Crippen molar-refractivity contribution in [3.05, 3.63) is 71.5 Å².